The van der Waals surface area contributed by atoms with Gasteiger partial charge in [-0.15, -0.1) is 0 Å². The molecule has 0 amide bonds. The minimum Gasteiger partial charge on any atom is -0.493 e. The Morgan fingerprint density at radius 3 is 2.70 bits per heavy atom. The van der Waals surface area contributed by atoms with Gasteiger partial charge in [-0.05, 0) is 53.7 Å². The van der Waals surface area contributed by atoms with Crippen molar-refractivity contribution in [3.05, 3.63) is 69.2 Å². The smallest absolute Gasteiger partial charge is 0.216 e. The van der Waals surface area contributed by atoms with E-state index in [4.69, 9.17) is 33.3 Å². The maximum Gasteiger partial charge on any atom is 0.216 e. The molecule has 6 nitrogen and oxygen atoms in total. The predicted molar refractivity (Wildman–Crippen MR) is 109 cm³/mol. The third-order valence-corrected chi connectivity index (χ3v) is 4.37. The number of ether oxygens (including phenoxy) is 2. The van der Waals surface area contributed by atoms with E-state index < -0.39 is 0 Å². The van der Waals surface area contributed by atoms with Gasteiger partial charge in [0.15, 0.2) is 17.3 Å². The van der Waals surface area contributed by atoms with Crippen LogP contribution in [0.3, 0.4) is 0 Å². The Kier molecular flexibility index (Phi) is 6.26. The average molecular weight is 403 g/mol. The minimum atomic E-state index is 0.422. The minimum absolute atomic E-state index is 0.422. The molecule has 1 aromatic heterocycles. The van der Waals surface area contributed by atoms with Crippen molar-refractivity contribution in [2.75, 3.05) is 7.11 Å². The standard InChI is InChI=1S/C19H19ClN4O2S/c1-3-18-22-23-19(27)24(18)21-11-14-6-9-16(17(10-14)25-2)26-12-13-4-7-15(20)8-5-13/h4-11H,3,12H2,1-2H3,(H,23,27)/b21-11+. The molecule has 0 bridgehead atoms. The number of rotatable bonds is 7. The van der Waals surface area contributed by atoms with Crippen LogP contribution in [-0.2, 0) is 13.0 Å². The lowest BCUT2D eigenvalue weighted by molar-refractivity contribution is 0.284. The number of H-pyrrole nitrogens is 1. The van der Waals surface area contributed by atoms with Crippen LogP contribution in [-0.4, -0.2) is 28.2 Å². The maximum atomic E-state index is 5.90. The van der Waals surface area contributed by atoms with Gasteiger partial charge >= 0.3 is 0 Å². The highest BCUT2D eigenvalue weighted by Gasteiger charge is 2.07. The number of aromatic amines is 1. The zero-order valence-corrected chi connectivity index (χ0v) is 16.5. The van der Waals surface area contributed by atoms with E-state index in [1.165, 1.54) is 0 Å². The summed E-state index contributed by atoms with van der Waals surface area (Å²) in [5.41, 5.74) is 1.88. The first-order chi connectivity index (χ1) is 13.1. The van der Waals surface area contributed by atoms with E-state index in [1.54, 1.807) is 18.0 Å². The van der Waals surface area contributed by atoms with Gasteiger partial charge in [0.1, 0.15) is 6.61 Å². The second-order valence-electron chi connectivity index (χ2n) is 5.68. The molecule has 1 N–H and O–H groups in total. The van der Waals surface area contributed by atoms with Gasteiger partial charge < -0.3 is 9.47 Å². The van der Waals surface area contributed by atoms with Crippen LogP contribution in [0, 0.1) is 4.77 Å². The molecule has 27 heavy (non-hydrogen) atoms. The molecular weight excluding hydrogens is 384 g/mol. The lowest BCUT2D eigenvalue weighted by Gasteiger charge is -2.11. The van der Waals surface area contributed by atoms with Crippen molar-refractivity contribution in [3.8, 4) is 11.5 Å². The van der Waals surface area contributed by atoms with Gasteiger partial charge in [-0.3, -0.25) is 5.10 Å². The molecule has 0 aliphatic rings. The molecule has 0 saturated carbocycles. The lowest BCUT2D eigenvalue weighted by atomic mass is 10.2. The molecule has 0 atom stereocenters. The maximum absolute atomic E-state index is 5.90. The molecule has 0 spiro atoms. The molecule has 3 aromatic rings. The zero-order valence-electron chi connectivity index (χ0n) is 15.0. The van der Waals surface area contributed by atoms with E-state index in [0.717, 1.165) is 23.4 Å². The number of halogens is 1. The third-order valence-electron chi connectivity index (χ3n) is 3.85. The summed E-state index contributed by atoms with van der Waals surface area (Å²) >= 11 is 11.1. The van der Waals surface area contributed by atoms with Gasteiger partial charge in [0.05, 0.1) is 13.3 Å². The highest BCUT2D eigenvalue weighted by Crippen LogP contribution is 2.28. The van der Waals surface area contributed by atoms with Crippen LogP contribution in [0.15, 0.2) is 47.6 Å². The number of aryl methyl sites for hydroxylation is 1. The zero-order chi connectivity index (χ0) is 19.2. The average Bonchev–Trinajstić information content (AvgIpc) is 3.05. The van der Waals surface area contributed by atoms with Crippen molar-refractivity contribution in [2.24, 2.45) is 5.10 Å². The molecule has 8 heteroatoms. The highest BCUT2D eigenvalue weighted by atomic mass is 35.5. The topological polar surface area (TPSA) is 64.4 Å². The summed E-state index contributed by atoms with van der Waals surface area (Å²) in [5, 5.41) is 12.0. The van der Waals surface area contributed by atoms with Crippen molar-refractivity contribution >= 4 is 30.0 Å². The van der Waals surface area contributed by atoms with Crippen molar-refractivity contribution in [1.29, 1.82) is 0 Å². The number of benzene rings is 2. The summed E-state index contributed by atoms with van der Waals surface area (Å²) in [6.45, 7) is 2.41. The third kappa shape index (κ3) is 4.75. The monoisotopic (exact) mass is 402 g/mol. The van der Waals surface area contributed by atoms with Crippen LogP contribution in [0.2, 0.25) is 5.02 Å². The Morgan fingerprint density at radius 2 is 2.00 bits per heavy atom. The summed E-state index contributed by atoms with van der Waals surface area (Å²) < 4.78 is 13.4. The first-order valence-electron chi connectivity index (χ1n) is 8.36. The van der Waals surface area contributed by atoms with Crippen LogP contribution in [0.1, 0.15) is 23.9 Å². The molecule has 0 unspecified atom stereocenters. The van der Waals surface area contributed by atoms with E-state index in [2.05, 4.69) is 15.3 Å². The number of aromatic nitrogens is 3. The Morgan fingerprint density at radius 1 is 1.22 bits per heavy atom. The van der Waals surface area contributed by atoms with Crippen LogP contribution in [0.4, 0.5) is 0 Å². The predicted octanol–water partition coefficient (Wildman–Crippen LogP) is 4.63. The molecule has 0 aliphatic heterocycles. The highest BCUT2D eigenvalue weighted by molar-refractivity contribution is 7.71. The van der Waals surface area contributed by atoms with E-state index in [0.29, 0.717) is 27.9 Å². The summed E-state index contributed by atoms with van der Waals surface area (Å²) in [4.78, 5) is 0. The van der Waals surface area contributed by atoms with E-state index >= 15 is 0 Å². The molecule has 0 aliphatic carbocycles. The number of nitrogens with one attached hydrogen (secondary N) is 1. The van der Waals surface area contributed by atoms with Crippen molar-refractivity contribution in [3.63, 3.8) is 0 Å². The Balaban J connectivity index is 1.75. The van der Waals surface area contributed by atoms with Gasteiger partial charge in [-0.25, -0.2) is 0 Å². The molecule has 3 rings (SSSR count). The quantitative estimate of drug-likeness (QED) is 0.462. The Bertz CT molecular complexity index is 996. The first kappa shape index (κ1) is 19.1. The number of hydrogen-bond donors (Lipinski definition) is 1. The molecule has 0 saturated heterocycles. The fourth-order valence-electron chi connectivity index (χ4n) is 2.42. The van der Waals surface area contributed by atoms with Crippen LogP contribution < -0.4 is 9.47 Å². The molecular formula is C19H19ClN4O2S. The van der Waals surface area contributed by atoms with Crippen LogP contribution in [0.25, 0.3) is 0 Å². The lowest BCUT2D eigenvalue weighted by Crippen LogP contribution is -1.99. The summed E-state index contributed by atoms with van der Waals surface area (Å²) in [5.74, 6) is 2.05. The summed E-state index contributed by atoms with van der Waals surface area (Å²) in [6, 6.07) is 13.1. The fourth-order valence-corrected chi connectivity index (χ4v) is 2.75. The van der Waals surface area contributed by atoms with E-state index in [1.807, 2.05) is 49.4 Å². The Labute approximate surface area is 167 Å². The molecule has 0 fully saturated rings. The van der Waals surface area contributed by atoms with Gasteiger partial charge in [-0.2, -0.15) is 14.9 Å². The van der Waals surface area contributed by atoms with Gasteiger partial charge in [0.25, 0.3) is 0 Å². The second-order valence-corrected chi connectivity index (χ2v) is 6.50. The van der Waals surface area contributed by atoms with Crippen molar-refractivity contribution in [2.45, 2.75) is 20.0 Å². The molecule has 0 radical (unpaired) electrons. The van der Waals surface area contributed by atoms with Gasteiger partial charge in [0.2, 0.25) is 4.77 Å². The molecule has 2 aromatic carbocycles. The fraction of sp³-hybridized carbons (Fsp3) is 0.211. The van der Waals surface area contributed by atoms with Gasteiger partial charge in [-0.1, -0.05) is 30.7 Å². The van der Waals surface area contributed by atoms with Crippen molar-refractivity contribution < 1.29 is 9.47 Å². The SMILES string of the molecule is CCc1n[nH]c(=S)n1/N=C/c1ccc(OCc2ccc(Cl)cc2)c(OC)c1. The van der Waals surface area contributed by atoms with Crippen LogP contribution >= 0.6 is 23.8 Å². The largest absolute Gasteiger partial charge is 0.493 e. The van der Waals surface area contributed by atoms with E-state index in [9.17, 15) is 0 Å². The summed E-state index contributed by atoms with van der Waals surface area (Å²) in [7, 11) is 1.60. The second kappa shape index (κ2) is 8.83. The van der Waals surface area contributed by atoms with Gasteiger partial charge in [0, 0.05) is 11.4 Å². The molecule has 140 valence electrons. The number of hydrogen-bond acceptors (Lipinski definition) is 5. The molecule has 1 heterocycles. The first-order valence-corrected chi connectivity index (χ1v) is 9.15. The number of methoxy groups -OCH3 is 1. The summed E-state index contributed by atoms with van der Waals surface area (Å²) in [6.07, 6.45) is 2.43. The van der Waals surface area contributed by atoms with E-state index in [-0.39, 0.29) is 0 Å². The number of nitrogens with zero attached hydrogens (tertiary/aromatic N) is 3. The van der Waals surface area contributed by atoms with Crippen molar-refractivity contribution in [1.82, 2.24) is 14.9 Å². The Hall–Kier alpha value is -2.64. The normalized spacial score (nSPS) is 11.1. The van der Waals surface area contributed by atoms with Crippen LogP contribution in [0.5, 0.6) is 11.5 Å².